The van der Waals surface area contributed by atoms with Crippen molar-refractivity contribution in [3.8, 4) is 0 Å². The van der Waals surface area contributed by atoms with Crippen LogP contribution in [0.2, 0.25) is 0 Å². The summed E-state index contributed by atoms with van der Waals surface area (Å²) in [6.45, 7) is 14.0. The number of hydrogen-bond acceptors (Lipinski definition) is 1. The second kappa shape index (κ2) is 40.2. The average molecular weight is 768 g/mol. The van der Waals surface area contributed by atoms with Gasteiger partial charge in [0.25, 0.3) is 0 Å². The minimum Gasteiger partial charge on any atom is -0.310 e. The Bertz CT molecular complexity index is 796. The highest BCUT2D eigenvalue weighted by Gasteiger charge is 2.32. The van der Waals surface area contributed by atoms with Crippen LogP contribution in [0.1, 0.15) is 304 Å². The van der Waals surface area contributed by atoms with Gasteiger partial charge in [0.15, 0.2) is 0 Å². The molecular weight excluding hydrogens is 663 g/mol. The zero-order chi connectivity index (χ0) is 39.9. The third-order valence-electron chi connectivity index (χ3n) is 14.0. The van der Waals surface area contributed by atoms with Gasteiger partial charge in [0.1, 0.15) is 0 Å². The lowest BCUT2D eigenvalue weighted by Gasteiger charge is -2.19. The summed E-state index contributed by atoms with van der Waals surface area (Å²) in [5.74, 6) is 3.97. The van der Waals surface area contributed by atoms with Crippen LogP contribution in [0.4, 0.5) is 0 Å². The molecule has 0 spiro atoms. The van der Waals surface area contributed by atoms with Gasteiger partial charge in [-0.15, -0.1) is 0 Å². The lowest BCUT2D eigenvalue weighted by atomic mass is 9.87. The zero-order valence-electron chi connectivity index (χ0n) is 38.9. The molecule has 1 nitrogen and oxygen atoms in total. The molecule has 0 saturated heterocycles. The summed E-state index contributed by atoms with van der Waals surface area (Å²) >= 11 is 0. The first-order valence-corrected chi connectivity index (χ1v) is 26.3. The van der Waals surface area contributed by atoms with E-state index in [0.717, 1.165) is 42.2 Å². The molecule has 3 atom stereocenters. The second-order valence-electron chi connectivity index (χ2n) is 19.3. The Morgan fingerprint density at radius 1 is 0.436 bits per heavy atom. The van der Waals surface area contributed by atoms with Crippen molar-refractivity contribution >= 4 is 5.71 Å². The molecule has 3 unspecified atom stereocenters. The van der Waals surface area contributed by atoms with Crippen LogP contribution in [-0.2, 0) is 0 Å². The highest BCUT2D eigenvalue weighted by atomic mass is 14.4. The van der Waals surface area contributed by atoms with Gasteiger partial charge in [-0.1, -0.05) is 258 Å². The summed E-state index contributed by atoms with van der Waals surface area (Å²) in [6, 6.07) is 0. The third-order valence-corrected chi connectivity index (χ3v) is 14.0. The molecule has 0 aromatic carbocycles. The van der Waals surface area contributed by atoms with Gasteiger partial charge in [-0.3, -0.25) is 0 Å². The lowest BCUT2D eigenvalue weighted by Crippen LogP contribution is -2.06. The predicted octanol–water partition coefficient (Wildman–Crippen LogP) is 19.9. The number of rotatable bonds is 44. The first-order valence-electron chi connectivity index (χ1n) is 26.3. The van der Waals surface area contributed by atoms with Crippen molar-refractivity contribution in [1.29, 1.82) is 5.41 Å². The van der Waals surface area contributed by atoms with E-state index in [0.29, 0.717) is 0 Å². The summed E-state index contributed by atoms with van der Waals surface area (Å²) < 4.78 is 0. The minimum atomic E-state index is 0.906. The summed E-state index contributed by atoms with van der Waals surface area (Å²) in [4.78, 5) is 0. The van der Waals surface area contributed by atoms with E-state index in [1.54, 1.807) is 12.0 Å². The topological polar surface area (TPSA) is 23.9 Å². The molecule has 0 amide bonds. The van der Waals surface area contributed by atoms with Gasteiger partial charge in [-0.2, -0.15) is 0 Å². The van der Waals surface area contributed by atoms with Crippen LogP contribution in [0.15, 0.2) is 12.2 Å². The van der Waals surface area contributed by atoms with Crippen molar-refractivity contribution < 1.29 is 0 Å². The Balaban J connectivity index is 2.06. The minimum absolute atomic E-state index is 0.906. The number of unbranched alkanes of at least 4 members (excludes halogenated alkanes) is 27. The SMILES string of the molecule is C=C(CCCCCCCCC1CC(CC)C(CCCCCCCCC(=N)CCCCCCCCCC)C1)CC(CCCCCCCC)CCCCCCCC. The standard InChI is InChI=1S/C54H105N/c1-6-10-13-16-19-20-30-37-44-54(55)45-38-31-24-23-29-36-43-53-48-51(47-52(53)9-4)42-35-28-22-21-25-32-39-49(5)46-50(40-33-26-17-14-11-7-2)41-34-27-18-15-12-8-3/h50-53,55H,5-48H2,1-4H3. The molecule has 326 valence electrons. The fourth-order valence-electron chi connectivity index (χ4n) is 10.3. The summed E-state index contributed by atoms with van der Waals surface area (Å²) in [6.07, 6.45) is 60.3. The third kappa shape index (κ3) is 33.0. The fourth-order valence-corrected chi connectivity index (χ4v) is 10.3. The molecule has 1 rings (SSSR count). The molecule has 0 bridgehead atoms. The van der Waals surface area contributed by atoms with Crippen LogP contribution < -0.4 is 0 Å². The van der Waals surface area contributed by atoms with E-state index in [1.165, 1.54) is 257 Å². The van der Waals surface area contributed by atoms with Gasteiger partial charge in [-0.25, -0.2) is 0 Å². The van der Waals surface area contributed by atoms with Gasteiger partial charge < -0.3 is 5.41 Å². The van der Waals surface area contributed by atoms with Crippen LogP contribution in [0.25, 0.3) is 0 Å². The van der Waals surface area contributed by atoms with Crippen molar-refractivity contribution in [1.82, 2.24) is 0 Å². The van der Waals surface area contributed by atoms with E-state index in [9.17, 15) is 0 Å². The Kier molecular flexibility index (Phi) is 38.3. The van der Waals surface area contributed by atoms with Crippen molar-refractivity contribution in [3.05, 3.63) is 12.2 Å². The zero-order valence-corrected chi connectivity index (χ0v) is 38.9. The van der Waals surface area contributed by atoms with Crippen LogP contribution in [-0.4, -0.2) is 5.71 Å². The van der Waals surface area contributed by atoms with E-state index >= 15 is 0 Å². The monoisotopic (exact) mass is 768 g/mol. The molecule has 1 aliphatic rings. The molecule has 0 radical (unpaired) electrons. The lowest BCUT2D eigenvalue weighted by molar-refractivity contribution is 0.341. The fraction of sp³-hybridized carbons (Fsp3) is 0.944. The summed E-state index contributed by atoms with van der Waals surface area (Å²) in [5.41, 5.74) is 2.60. The van der Waals surface area contributed by atoms with Gasteiger partial charge in [0.05, 0.1) is 0 Å². The van der Waals surface area contributed by atoms with Gasteiger partial charge in [-0.05, 0) is 81.5 Å². The smallest absolute Gasteiger partial charge is 0.00891 e. The van der Waals surface area contributed by atoms with Crippen LogP contribution >= 0.6 is 0 Å². The number of allylic oxidation sites excluding steroid dienone is 1. The quantitative estimate of drug-likeness (QED) is 0.0363. The summed E-state index contributed by atoms with van der Waals surface area (Å²) in [5, 5.41) is 8.33. The molecule has 0 aromatic heterocycles. The maximum absolute atomic E-state index is 8.33. The molecule has 0 aliphatic heterocycles. The Morgan fingerprint density at radius 2 is 0.800 bits per heavy atom. The Labute approximate surface area is 349 Å². The molecule has 0 aromatic rings. The Morgan fingerprint density at radius 3 is 1.25 bits per heavy atom. The van der Waals surface area contributed by atoms with E-state index in [1.807, 2.05) is 0 Å². The predicted molar refractivity (Wildman–Crippen MR) is 252 cm³/mol. The van der Waals surface area contributed by atoms with Gasteiger partial charge >= 0.3 is 0 Å². The van der Waals surface area contributed by atoms with E-state index in [-0.39, 0.29) is 0 Å². The first-order chi connectivity index (χ1) is 27.0. The molecule has 55 heavy (non-hydrogen) atoms. The van der Waals surface area contributed by atoms with Crippen molar-refractivity contribution in [2.45, 2.75) is 304 Å². The molecule has 0 heterocycles. The highest BCUT2D eigenvalue weighted by Crippen LogP contribution is 2.43. The number of nitrogens with one attached hydrogen (secondary N) is 1. The number of hydrogen-bond donors (Lipinski definition) is 1. The molecule has 1 fully saturated rings. The average Bonchev–Trinajstić information content (AvgIpc) is 3.59. The van der Waals surface area contributed by atoms with Gasteiger partial charge in [0, 0.05) is 5.71 Å². The van der Waals surface area contributed by atoms with Crippen LogP contribution in [0, 0.1) is 29.1 Å². The molecule has 1 saturated carbocycles. The van der Waals surface area contributed by atoms with Crippen molar-refractivity contribution in [3.63, 3.8) is 0 Å². The first kappa shape index (κ1) is 52.4. The molecule has 1 heteroatoms. The van der Waals surface area contributed by atoms with Crippen LogP contribution in [0.3, 0.4) is 0 Å². The summed E-state index contributed by atoms with van der Waals surface area (Å²) in [7, 11) is 0. The maximum atomic E-state index is 8.33. The van der Waals surface area contributed by atoms with E-state index in [4.69, 9.17) is 5.41 Å². The van der Waals surface area contributed by atoms with E-state index < -0.39 is 0 Å². The molecular formula is C54H105N. The second-order valence-corrected chi connectivity index (χ2v) is 19.3. The Hall–Kier alpha value is -0.590. The maximum Gasteiger partial charge on any atom is 0.00891 e. The van der Waals surface area contributed by atoms with Gasteiger partial charge in [0.2, 0.25) is 0 Å². The van der Waals surface area contributed by atoms with E-state index in [2.05, 4.69) is 34.3 Å². The van der Waals surface area contributed by atoms with Crippen LogP contribution in [0.5, 0.6) is 0 Å². The molecule has 1 N–H and O–H groups in total. The normalized spacial score (nSPS) is 17.1. The highest BCUT2D eigenvalue weighted by molar-refractivity contribution is 5.81. The largest absolute Gasteiger partial charge is 0.310 e. The van der Waals surface area contributed by atoms with Crippen molar-refractivity contribution in [2.24, 2.45) is 23.7 Å². The molecule has 1 aliphatic carbocycles. The van der Waals surface area contributed by atoms with Crippen molar-refractivity contribution in [2.75, 3.05) is 0 Å².